The molecule has 1 aliphatic carbocycles. The third-order valence-corrected chi connectivity index (χ3v) is 7.89. The predicted molar refractivity (Wildman–Crippen MR) is 129 cm³/mol. The number of halogens is 1. The number of aromatic hydroxyl groups is 1. The van der Waals surface area contributed by atoms with Crippen LogP contribution in [0.2, 0.25) is 5.02 Å². The van der Waals surface area contributed by atoms with Gasteiger partial charge in [-0.2, -0.15) is 0 Å². The number of aliphatic carboxylic acids is 1. The third kappa shape index (κ3) is 5.31. The van der Waals surface area contributed by atoms with E-state index in [1.165, 1.54) is 6.07 Å². The molecule has 1 amide bonds. The van der Waals surface area contributed by atoms with Crippen molar-refractivity contribution in [1.29, 1.82) is 0 Å². The first kappa shape index (κ1) is 25.8. The van der Waals surface area contributed by atoms with Gasteiger partial charge in [-0.05, 0) is 53.5 Å². The fourth-order valence-electron chi connectivity index (χ4n) is 4.58. The van der Waals surface area contributed by atoms with Gasteiger partial charge in [-0.25, -0.2) is 4.79 Å². The number of aliphatic hydroxyl groups excluding tert-OH is 1. The lowest BCUT2D eigenvalue weighted by molar-refractivity contribution is -0.143. The van der Waals surface area contributed by atoms with E-state index in [2.05, 4.69) is 5.32 Å². The van der Waals surface area contributed by atoms with Crippen LogP contribution in [-0.4, -0.2) is 39.8 Å². The van der Waals surface area contributed by atoms with Crippen LogP contribution >= 0.6 is 11.6 Å². The number of hydrogen-bond donors (Lipinski definition) is 4. The van der Waals surface area contributed by atoms with E-state index in [9.17, 15) is 24.9 Å². The number of benzene rings is 2. The molecule has 0 saturated heterocycles. The molecule has 1 fully saturated rings. The fraction of sp³-hybridized carbons (Fsp3) is 0.462. The Morgan fingerprint density at radius 3 is 2.41 bits per heavy atom. The molecule has 0 radical (unpaired) electrons. The van der Waals surface area contributed by atoms with E-state index in [1.807, 2.05) is 20.8 Å². The van der Waals surface area contributed by atoms with E-state index in [1.54, 1.807) is 36.4 Å². The maximum Gasteiger partial charge on any atom is 0.326 e. The predicted octanol–water partition coefficient (Wildman–Crippen LogP) is 4.17. The van der Waals surface area contributed by atoms with E-state index in [0.717, 1.165) is 5.56 Å². The maximum absolute atomic E-state index is 13.0. The van der Waals surface area contributed by atoms with Crippen LogP contribution in [0.1, 0.15) is 44.7 Å². The molecule has 1 saturated carbocycles. The number of carboxylic acids is 1. The molecule has 4 N–H and O–H groups in total. The van der Waals surface area contributed by atoms with Crippen molar-refractivity contribution < 1.29 is 29.6 Å². The van der Waals surface area contributed by atoms with Crippen LogP contribution in [-0.2, 0) is 22.6 Å². The number of phenols is 1. The van der Waals surface area contributed by atoms with Gasteiger partial charge in [0.25, 0.3) is 0 Å². The fourth-order valence-corrected chi connectivity index (χ4v) is 4.81. The number of nitrogens with one attached hydrogen (secondary N) is 1. The molecule has 2 aromatic carbocycles. The largest absolute Gasteiger partial charge is 0.507 e. The number of carboxylic acid groups (broad SMARTS) is 1. The number of hydrogen-bond acceptors (Lipinski definition) is 5. The van der Waals surface area contributed by atoms with E-state index in [4.69, 9.17) is 16.3 Å². The normalized spacial score (nSPS) is 22.2. The Morgan fingerprint density at radius 2 is 1.85 bits per heavy atom. The second-order valence-corrected chi connectivity index (χ2v) is 10.2. The molecular formula is C26H32ClNO6. The highest BCUT2D eigenvalue weighted by atomic mass is 35.5. The molecule has 3 atom stereocenters. The molecule has 0 unspecified atom stereocenters. The third-order valence-electron chi connectivity index (χ3n) is 7.53. The molecular weight excluding hydrogens is 458 g/mol. The molecule has 1 aliphatic rings. The van der Waals surface area contributed by atoms with Gasteiger partial charge < -0.3 is 25.4 Å². The number of carbonyl (C=O) groups excluding carboxylic acids is 1. The molecule has 2 aromatic rings. The van der Waals surface area contributed by atoms with E-state index in [-0.39, 0.29) is 42.6 Å². The van der Waals surface area contributed by atoms with Gasteiger partial charge in [-0.3, -0.25) is 4.79 Å². The Morgan fingerprint density at radius 1 is 1.18 bits per heavy atom. The summed E-state index contributed by atoms with van der Waals surface area (Å²) in [6, 6.07) is 10.7. The van der Waals surface area contributed by atoms with Gasteiger partial charge in [-0.1, -0.05) is 50.6 Å². The average molecular weight is 490 g/mol. The Kier molecular flexibility index (Phi) is 7.78. The van der Waals surface area contributed by atoms with Crippen LogP contribution in [0, 0.1) is 16.7 Å². The molecule has 0 bridgehead atoms. The molecule has 0 aromatic heterocycles. The molecule has 3 rings (SSSR count). The van der Waals surface area contributed by atoms with Crippen molar-refractivity contribution in [2.75, 3.05) is 6.61 Å². The van der Waals surface area contributed by atoms with E-state index in [0.29, 0.717) is 29.2 Å². The maximum atomic E-state index is 13.0. The Hall–Kier alpha value is -2.77. The first-order valence-electron chi connectivity index (χ1n) is 11.3. The van der Waals surface area contributed by atoms with Gasteiger partial charge in [0.05, 0.1) is 5.02 Å². The minimum absolute atomic E-state index is 0.0172. The molecule has 8 heteroatoms. The van der Waals surface area contributed by atoms with Gasteiger partial charge in [-0.15, -0.1) is 0 Å². The molecule has 7 nitrogen and oxygen atoms in total. The van der Waals surface area contributed by atoms with Gasteiger partial charge >= 0.3 is 5.97 Å². The monoisotopic (exact) mass is 489 g/mol. The van der Waals surface area contributed by atoms with Crippen LogP contribution in [0.5, 0.6) is 11.5 Å². The van der Waals surface area contributed by atoms with Crippen LogP contribution < -0.4 is 10.1 Å². The topological polar surface area (TPSA) is 116 Å². The minimum atomic E-state index is -1.11. The summed E-state index contributed by atoms with van der Waals surface area (Å²) in [6.07, 6.45) is 1.44. The van der Waals surface area contributed by atoms with Gasteiger partial charge in [0.1, 0.15) is 24.1 Å². The van der Waals surface area contributed by atoms with Crippen molar-refractivity contribution in [2.24, 2.45) is 16.7 Å². The summed E-state index contributed by atoms with van der Waals surface area (Å²) in [6.45, 7) is 5.94. The zero-order chi connectivity index (χ0) is 25.1. The van der Waals surface area contributed by atoms with E-state index >= 15 is 0 Å². The molecule has 0 aliphatic heterocycles. The van der Waals surface area contributed by atoms with Crippen molar-refractivity contribution >= 4 is 23.5 Å². The van der Waals surface area contributed by atoms with Crippen molar-refractivity contribution in [3.05, 3.63) is 58.6 Å². The quantitative estimate of drug-likeness (QED) is 0.420. The summed E-state index contributed by atoms with van der Waals surface area (Å²) < 4.78 is 5.70. The van der Waals surface area contributed by atoms with Crippen molar-refractivity contribution in [1.82, 2.24) is 5.32 Å². The second kappa shape index (κ2) is 10.2. The zero-order valence-corrected chi connectivity index (χ0v) is 20.4. The Bertz CT molecular complexity index is 1020. The van der Waals surface area contributed by atoms with Crippen molar-refractivity contribution in [3.63, 3.8) is 0 Å². The highest BCUT2D eigenvalue weighted by Crippen LogP contribution is 2.55. The summed E-state index contributed by atoms with van der Waals surface area (Å²) in [7, 11) is 0. The number of rotatable bonds is 9. The number of ether oxygens (including phenoxy) is 1. The van der Waals surface area contributed by atoms with Crippen LogP contribution in [0.3, 0.4) is 0 Å². The van der Waals surface area contributed by atoms with Crippen LogP contribution in [0.15, 0.2) is 42.5 Å². The van der Waals surface area contributed by atoms with Gasteiger partial charge in [0, 0.05) is 24.5 Å². The van der Waals surface area contributed by atoms with Gasteiger partial charge in [0.15, 0.2) is 0 Å². The standard InChI is InChI=1S/C26H32ClNO6/c1-25(2)19(11-12-26(25,3)15-29)23(31)28-21(24(32)33)13-16-7-9-17(10-8-16)34-14-18-20(27)5-4-6-22(18)30/h4-10,19,21,29-30H,11-15H2,1-3H3,(H,28,31)(H,32,33)/t19-,21+,26+/m1/s1. The lowest BCUT2D eigenvalue weighted by Gasteiger charge is -2.40. The average Bonchev–Trinajstić information content (AvgIpc) is 3.03. The molecule has 184 valence electrons. The summed E-state index contributed by atoms with van der Waals surface area (Å²) >= 11 is 6.10. The van der Waals surface area contributed by atoms with Crippen molar-refractivity contribution in [2.45, 2.75) is 52.7 Å². The number of carbonyl (C=O) groups is 2. The van der Waals surface area contributed by atoms with Crippen molar-refractivity contribution in [3.8, 4) is 11.5 Å². The first-order valence-corrected chi connectivity index (χ1v) is 11.7. The highest BCUT2D eigenvalue weighted by molar-refractivity contribution is 6.31. The number of amides is 1. The number of aliphatic hydroxyl groups is 1. The minimum Gasteiger partial charge on any atom is -0.507 e. The molecule has 0 spiro atoms. The Labute approximate surface area is 204 Å². The highest BCUT2D eigenvalue weighted by Gasteiger charge is 2.53. The van der Waals surface area contributed by atoms with E-state index < -0.39 is 17.4 Å². The molecule has 0 heterocycles. The lowest BCUT2D eigenvalue weighted by Crippen LogP contribution is -2.49. The van der Waals surface area contributed by atoms with Gasteiger partial charge in [0.2, 0.25) is 5.91 Å². The first-order chi connectivity index (χ1) is 16.0. The summed E-state index contributed by atoms with van der Waals surface area (Å²) in [5.41, 5.74) is 0.370. The smallest absolute Gasteiger partial charge is 0.326 e. The lowest BCUT2D eigenvalue weighted by atomic mass is 9.66. The summed E-state index contributed by atoms with van der Waals surface area (Å²) in [5.74, 6) is -1.19. The second-order valence-electron chi connectivity index (χ2n) is 9.81. The summed E-state index contributed by atoms with van der Waals surface area (Å²) in [5, 5.41) is 32.6. The Balaban J connectivity index is 1.62. The SMILES string of the molecule is CC1(C)[C@@H](C(=O)N[C@@H](Cc2ccc(OCc3c(O)cccc3Cl)cc2)C(=O)O)CC[C@@]1(C)CO. The zero-order valence-electron chi connectivity index (χ0n) is 19.7. The van der Waals surface area contributed by atoms with Crippen LogP contribution in [0.25, 0.3) is 0 Å². The molecule has 34 heavy (non-hydrogen) atoms. The van der Waals surface area contributed by atoms with Crippen LogP contribution in [0.4, 0.5) is 0 Å². The number of phenolic OH excluding ortho intramolecular Hbond substituents is 1. The summed E-state index contributed by atoms with van der Waals surface area (Å²) in [4.78, 5) is 24.9.